The van der Waals surface area contributed by atoms with Crippen LogP contribution >= 0.6 is 11.6 Å². The van der Waals surface area contributed by atoms with Crippen LogP contribution in [-0.4, -0.2) is 23.1 Å². The molecule has 5 heteroatoms. The summed E-state index contributed by atoms with van der Waals surface area (Å²) in [5.41, 5.74) is 0. The zero-order valence-electron chi connectivity index (χ0n) is 9.03. The maximum atomic E-state index is 6.01. The lowest BCUT2D eigenvalue weighted by Crippen LogP contribution is -2.30. The lowest BCUT2D eigenvalue weighted by atomic mass is 10.3. The summed E-state index contributed by atoms with van der Waals surface area (Å²) in [6.45, 7) is 1.65. The minimum atomic E-state index is 0.515. The van der Waals surface area contributed by atoms with E-state index >= 15 is 0 Å². The summed E-state index contributed by atoms with van der Waals surface area (Å²) in [4.78, 5) is 14.3. The van der Waals surface area contributed by atoms with Gasteiger partial charge in [0.15, 0.2) is 5.82 Å². The number of anilines is 1. The molecule has 16 heavy (non-hydrogen) atoms. The molecule has 2 aliphatic rings. The van der Waals surface area contributed by atoms with Crippen molar-refractivity contribution in [3.05, 3.63) is 17.0 Å². The van der Waals surface area contributed by atoms with E-state index in [1.807, 2.05) is 5.06 Å². The van der Waals surface area contributed by atoms with Gasteiger partial charge in [-0.3, -0.25) is 4.84 Å². The molecule has 0 N–H and O–H groups in total. The van der Waals surface area contributed by atoms with Gasteiger partial charge in [-0.1, -0.05) is 11.6 Å². The SMILES string of the molecule is Clc1cc(N2CCCCO2)nc(C2CC2)n1. The second-order valence-electron chi connectivity index (χ2n) is 4.32. The van der Waals surface area contributed by atoms with Crippen LogP contribution in [0.25, 0.3) is 0 Å². The molecule has 0 amide bonds. The van der Waals surface area contributed by atoms with Crippen molar-refractivity contribution in [3.63, 3.8) is 0 Å². The summed E-state index contributed by atoms with van der Waals surface area (Å²) in [5, 5.41) is 2.35. The van der Waals surface area contributed by atoms with E-state index in [0.717, 1.165) is 37.6 Å². The molecule has 0 aromatic carbocycles. The highest BCUT2D eigenvalue weighted by molar-refractivity contribution is 6.29. The highest BCUT2D eigenvalue weighted by Gasteiger charge is 2.28. The number of hydrogen-bond acceptors (Lipinski definition) is 4. The van der Waals surface area contributed by atoms with Crippen molar-refractivity contribution in [2.75, 3.05) is 18.2 Å². The van der Waals surface area contributed by atoms with Crippen molar-refractivity contribution in [1.29, 1.82) is 0 Å². The van der Waals surface area contributed by atoms with Crippen molar-refractivity contribution >= 4 is 17.4 Å². The van der Waals surface area contributed by atoms with Crippen LogP contribution in [0.3, 0.4) is 0 Å². The molecule has 1 aromatic heterocycles. The van der Waals surface area contributed by atoms with Crippen LogP contribution in [0, 0.1) is 0 Å². The molecular weight excluding hydrogens is 226 g/mol. The van der Waals surface area contributed by atoms with E-state index in [9.17, 15) is 0 Å². The fraction of sp³-hybridized carbons (Fsp3) is 0.636. The lowest BCUT2D eigenvalue weighted by molar-refractivity contribution is 0.0760. The molecule has 1 aliphatic carbocycles. The van der Waals surface area contributed by atoms with E-state index in [1.165, 1.54) is 12.8 Å². The smallest absolute Gasteiger partial charge is 0.157 e. The topological polar surface area (TPSA) is 38.2 Å². The van der Waals surface area contributed by atoms with Crippen LogP contribution in [0.1, 0.15) is 37.4 Å². The van der Waals surface area contributed by atoms with Crippen molar-refractivity contribution in [2.24, 2.45) is 0 Å². The predicted molar refractivity (Wildman–Crippen MR) is 61.5 cm³/mol. The monoisotopic (exact) mass is 239 g/mol. The Kier molecular flexibility index (Phi) is 2.69. The Bertz CT molecular complexity index is 389. The number of hydroxylamine groups is 1. The van der Waals surface area contributed by atoms with E-state index in [4.69, 9.17) is 16.4 Å². The van der Waals surface area contributed by atoms with Crippen LogP contribution in [-0.2, 0) is 4.84 Å². The predicted octanol–water partition coefficient (Wildman–Crippen LogP) is 2.54. The van der Waals surface area contributed by atoms with Crippen molar-refractivity contribution in [1.82, 2.24) is 9.97 Å². The van der Waals surface area contributed by atoms with E-state index < -0.39 is 0 Å². The lowest BCUT2D eigenvalue weighted by Gasteiger charge is -2.26. The molecule has 4 nitrogen and oxygen atoms in total. The first-order chi connectivity index (χ1) is 7.83. The van der Waals surface area contributed by atoms with Crippen LogP contribution in [0.4, 0.5) is 5.82 Å². The molecule has 1 saturated heterocycles. The first kappa shape index (κ1) is 10.3. The summed E-state index contributed by atoms with van der Waals surface area (Å²) in [5.74, 6) is 2.19. The van der Waals surface area contributed by atoms with Crippen molar-refractivity contribution < 1.29 is 4.84 Å². The van der Waals surface area contributed by atoms with Gasteiger partial charge in [-0.05, 0) is 25.7 Å². The van der Waals surface area contributed by atoms with Gasteiger partial charge in [0, 0.05) is 18.5 Å². The van der Waals surface area contributed by atoms with Gasteiger partial charge in [-0.2, -0.15) is 0 Å². The maximum absolute atomic E-state index is 6.01. The molecule has 0 atom stereocenters. The van der Waals surface area contributed by atoms with Gasteiger partial charge in [0.05, 0.1) is 6.61 Å². The molecule has 1 aromatic rings. The molecule has 1 saturated carbocycles. The molecule has 86 valence electrons. The van der Waals surface area contributed by atoms with Crippen LogP contribution < -0.4 is 5.06 Å². The summed E-state index contributed by atoms with van der Waals surface area (Å²) in [6, 6.07) is 1.78. The first-order valence-electron chi connectivity index (χ1n) is 5.78. The van der Waals surface area contributed by atoms with E-state index in [2.05, 4.69) is 9.97 Å². The summed E-state index contributed by atoms with van der Waals surface area (Å²) in [7, 11) is 0. The molecule has 0 spiro atoms. The van der Waals surface area contributed by atoms with Gasteiger partial charge in [0.1, 0.15) is 11.0 Å². The standard InChI is InChI=1S/C11H14ClN3O/c12-9-7-10(15-5-1-2-6-16-15)14-11(13-9)8-3-4-8/h7-8H,1-6H2. The molecule has 0 radical (unpaired) electrons. The number of hydrogen-bond donors (Lipinski definition) is 0. The third kappa shape index (κ3) is 2.13. The highest BCUT2D eigenvalue weighted by atomic mass is 35.5. The summed E-state index contributed by atoms with van der Waals surface area (Å²) < 4.78 is 0. The minimum Gasteiger partial charge on any atom is -0.272 e. The second kappa shape index (κ2) is 4.18. The normalized spacial score (nSPS) is 21.2. The number of nitrogens with zero attached hydrogens (tertiary/aromatic N) is 3. The Labute approximate surface area is 99.5 Å². The largest absolute Gasteiger partial charge is 0.272 e. The summed E-state index contributed by atoms with van der Waals surface area (Å²) in [6.07, 6.45) is 4.62. The molecule has 1 aliphatic heterocycles. The molecule has 3 rings (SSSR count). The van der Waals surface area contributed by atoms with Gasteiger partial charge in [-0.25, -0.2) is 15.0 Å². The number of aromatic nitrogens is 2. The highest BCUT2D eigenvalue weighted by Crippen LogP contribution is 2.39. The van der Waals surface area contributed by atoms with Crippen LogP contribution in [0.5, 0.6) is 0 Å². The zero-order valence-corrected chi connectivity index (χ0v) is 9.78. The van der Waals surface area contributed by atoms with Crippen LogP contribution in [0.15, 0.2) is 6.07 Å². The van der Waals surface area contributed by atoms with E-state index in [-0.39, 0.29) is 0 Å². The van der Waals surface area contributed by atoms with Crippen molar-refractivity contribution in [2.45, 2.75) is 31.6 Å². The Morgan fingerprint density at radius 1 is 1.31 bits per heavy atom. The van der Waals surface area contributed by atoms with Crippen molar-refractivity contribution in [3.8, 4) is 0 Å². The first-order valence-corrected chi connectivity index (χ1v) is 6.15. The van der Waals surface area contributed by atoms with Crippen LogP contribution in [0.2, 0.25) is 5.15 Å². The molecular formula is C11H14ClN3O. The zero-order chi connectivity index (χ0) is 11.0. The van der Waals surface area contributed by atoms with Gasteiger partial charge >= 0.3 is 0 Å². The van der Waals surface area contributed by atoms with Gasteiger partial charge in [-0.15, -0.1) is 0 Å². The fourth-order valence-electron chi connectivity index (χ4n) is 1.85. The average molecular weight is 240 g/mol. The minimum absolute atomic E-state index is 0.515. The molecule has 0 bridgehead atoms. The number of halogens is 1. The van der Waals surface area contributed by atoms with Gasteiger partial charge in [0.2, 0.25) is 0 Å². The Hall–Kier alpha value is -0.870. The van der Waals surface area contributed by atoms with Gasteiger partial charge < -0.3 is 0 Å². The fourth-order valence-corrected chi connectivity index (χ4v) is 2.04. The molecule has 2 fully saturated rings. The third-order valence-electron chi connectivity index (χ3n) is 2.90. The maximum Gasteiger partial charge on any atom is 0.157 e. The Balaban J connectivity index is 1.86. The quantitative estimate of drug-likeness (QED) is 0.744. The molecule has 2 heterocycles. The Morgan fingerprint density at radius 3 is 2.88 bits per heavy atom. The second-order valence-corrected chi connectivity index (χ2v) is 4.71. The number of rotatable bonds is 2. The summed E-state index contributed by atoms with van der Waals surface area (Å²) >= 11 is 6.01. The van der Waals surface area contributed by atoms with Gasteiger partial charge in [0.25, 0.3) is 0 Å². The van der Waals surface area contributed by atoms with E-state index in [0.29, 0.717) is 11.1 Å². The van der Waals surface area contributed by atoms with E-state index in [1.54, 1.807) is 6.07 Å². The molecule has 0 unspecified atom stereocenters. The average Bonchev–Trinajstić information content (AvgIpc) is 3.13. The Morgan fingerprint density at radius 2 is 2.19 bits per heavy atom. The third-order valence-corrected chi connectivity index (χ3v) is 3.09.